The predicted octanol–water partition coefficient (Wildman–Crippen LogP) is 3.40. The van der Waals surface area contributed by atoms with Crippen LogP contribution in [0.4, 0.5) is 0 Å². The van der Waals surface area contributed by atoms with Crippen molar-refractivity contribution in [2.45, 2.75) is 30.8 Å². The van der Waals surface area contributed by atoms with E-state index in [1.807, 2.05) is 74.5 Å². The lowest BCUT2D eigenvalue weighted by Gasteiger charge is -2.31. The van der Waals surface area contributed by atoms with Gasteiger partial charge in [0.25, 0.3) is 0 Å². The fraction of sp³-hybridized carbons (Fsp3) is 0.278. The van der Waals surface area contributed by atoms with Gasteiger partial charge in [0.2, 0.25) is 6.41 Å². The van der Waals surface area contributed by atoms with Crippen LogP contribution in [0.1, 0.15) is 25.5 Å². The molecule has 4 heteroatoms. The van der Waals surface area contributed by atoms with Crippen molar-refractivity contribution in [3.63, 3.8) is 0 Å². The molecule has 1 unspecified atom stereocenters. The minimum absolute atomic E-state index is 0.0403. The number of hydrogen-bond acceptors (Lipinski definition) is 2. The molecule has 0 radical (unpaired) electrons. The molecule has 0 aliphatic carbocycles. The van der Waals surface area contributed by atoms with Crippen LogP contribution in [0.3, 0.4) is 0 Å². The average molecular weight is 315 g/mol. The van der Waals surface area contributed by atoms with Crippen LogP contribution in [0.5, 0.6) is 0 Å². The van der Waals surface area contributed by atoms with Crippen molar-refractivity contribution in [2.75, 3.05) is 5.75 Å². The molecule has 22 heavy (non-hydrogen) atoms. The molecule has 0 heterocycles. The number of carbonyl (C=O) groups is 1. The molecule has 3 atom stereocenters. The van der Waals surface area contributed by atoms with E-state index in [2.05, 4.69) is 0 Å². The van der Waals surface area contributed by atoms with Gasteiger partial charge in [0.1, 0.15) is 0 Å². The minimum Gasteiger partial charge on any atom is -0.335 e. The molecule has 0 saturated heterocycles. The number of rotatable bonds is 7. The predicted molar refractivity (Wildman–Crippen MR) is 89.9 cm³/mol. The van der Waals surface area contributed by atoms with Gasteiger partial charge >= 0.3 is 0 Å². The van der Waals surface area contributed by atoms with Gasteiger partial charge in [-0.25, -0.2) is 0 Å². The molecule has 0 aliphatic heterocycles. The zero-order valence-electron chi connectivity index (χ0n) is 12.9. The molecule has 0 bridgehead atoms. The molecule has 0 N–H and O–H groups in total. The van der Waals surface area contributed by atoms with Gasteiger partial charge in [0.15, 0.2) is 0 Å². The number of amides is 1. The van der Waals surface area contributed by atoms with E-state index < -0.39 is 10.8 Å². The second-order valence-corrected chi connectivity index (χ2v) is 6.81. The summed E-state index contributed by atoms with van der Waals surface area (Å²) in [7, 11) is -1.11. The van der Waals surface area contributed by atoms with Crippen molar-refractivity contribution in [1.29, 1.82) is 0 Å². The lowest BCUT2D eigenvalue weighted by atomic mass is 10.1. The van der Waals surface area contributed by atoms with Crippen molar-refractivity contribution in [3.8, 4) is 0 Å². The topological polar surface area (TPSA) is 37.4 Å². The highest BCUT2D eigenvalue weighted by Crippen LogP contribution is 2.21. The molecule has 2 rings (SSSR count). The van der Waals surface area contributed by atoms with Crippen LogP contribution in [-0.4, -0.2) is 27.3 Å². The smallest absolute Gasteiger partial charge is 0.210 e. The van der Waals surface area contributed by atoms with Crippen molar-refractivity contribution in [3.05, 3.63) is 66.2 Å². The van der Waals surface area contributed by atoms with Crippen molar-refractivity contribution in [2.24, 2.45) is 0 Å². The molecule has 1 amide bonds. The summed E-state index contributed by atoms with van der Waals surface area (Å²) >= 11 is 0. The lowest BCUT2D eigenvalue weighted by molar-refractivity contribution is -0.121. The summed E-state index contributed by atoms with van der Waals surface area (Å²) in [5.41, 5.74) is 1.08. The van der Waals surface area contributed by atoms with Crippen LogP contribution in [0.15, 0.2) is 65.6 Å². The van der Waals surface area contributed by atoms with Gasteiger partial charge in [-0.3, -0.25) is 9.00 Å². The van der Waals surface area contributed by atoms with Gasteiger partial charge in [-0.05, 0) is 31.5 Å². The van der Waals surface area contributed by atoms with Crippen LogP contribution in [-0.2, 0) is 15.6 Å². The van der Waals surface area contributed by atoms with E-state index in [0.717, 1.165) is 16.9 Å². The molecule has 0 aliphatic rings. The van der Waals surface area contributed by atoms with E-state index in [1.54, 1.807) is 4.90 Å². The summed E-state index contributed by atoms with van der Waals surface area (Å²) in [6, 6.07) is 19.1. The molecular formula is C18H21NO2S. The summed E-state index contributed by atoms with van der Waals surface area (Å²) in [5, 5.41) is 0. The van der Waals surface area contributed by atoms with Gasteiger partial charge < -0.3 is 4.90 Å². The maximum atomic E-state index is 12.4. The van der Waals surface area contributed by atoms with Crippen LogP contribution in [0.2, 0.25) is 0 Å². The van der Waals surface area contributed by atoms with E-state index in [1.165, 1.54) is 0 Å². The molecular weight excluding hydrogens is 294 g/mol. The van der Waals surface area contributed by atoms with Crippen LogP contribution in [0, 0.1) is 0 Å². The first kappa shape index (κ1) is 16.4. The molecule has 3 nitrogen and oxygen atoms in total. The Balaban J connectivity index is 2.07. The van der Waals surface area contributed by atoms with Crippen molar-refractivity contribution < 1.29 is 9.00 Å². The van der Waals surface area contributed by atoms with Gasteiger partial charge in [0, 0.05) is 16.7 Å². The Morgan fingerprint density at radius 3 is 2.09 bits per heavy atom. The highest BCUT2D eigenvalue weighted by molar-refractivity contribution is 7.85. The van der Waals surface area contributed by atoms with Gasteiger partial charge in [-0.2, -0.15) is 0 Å². The largest absolute Gasteiger partial charge is 0.335 e. The van der Waals surface area contributed by atoms with E-state index in [9.17, 15) is 9.00 Å². The summed E-state index contributed by atoms with van der Waals surface area (Å²) < 4.78 is 12.4. The zero-order chi connectivity index (χ0) is 15.9. The molecule has 0 fully saturated rings. The Hall–Kier alpha value is -1.94. The Morgan fingerprint density at radius 2 is 1.55 bits per heavy atom. The number of nitrogens with zero attached hydrogens (tertiary/aromatic N) is 1. The molecule has 116 valence electrons. The number of carbonyl (C=O) groups excluding carboxylic acids is 1. The first-order chi connectivity index (χ1) is 10.6. The maximum Gasteiger partial charge on any atom is 0.210 e. The van der Waals surface area contributed by atoms with Crippen molar-refractivity contribution in [1.82, 2.24) is 4.90 Å². The Labute approximate surface area is 134 Å². The Kier molecular flexibility index (Phi) is 5.90. The Bertz CT molecular complexity index is 615. The zero-order valence-corrected chi connectivity index (χ0v) is 13.7. The Morgan fingerprint density at radius 1 is 1.00 bits per heavy atom. The third kappa shape index (κ3) is 4.04. The van der Waals surface area contributed by atoms with Gasteiger partial charge in [-0.1, -0.05) is 48.5 Å². The van der Waals surface area contributed by atoms with E-state index in [0.29, 0.717) is 5.75 Å². The normalized spacial score (nSPS) is 14.8. The monoisotopic (exact) mass is 315 g/mol. The summed E-state index contributed by atoms with van der Waals surface area (Å²) in [6.07, 6.45) is 0.852. The van der Waals surface area contributed by atoms with Crippen LogP contribution < -0.4 is 0 Å². The minimum atomic E-state index is -1.11. The van der Waals surface area contributed by atoms with Crippen LogP contribution >= 0.6 is 0 Å². The second kappa shape index (κ2) is 7.90. The lowest BCUT2D eigenvalue weighted by Crippen LogP contribution is -2.37. The highest BCUT2D eigenvalue weighted by Gasteiger charge is 2.21. The molecule has 0 saturated carbocycles. The molecule has 0 aromatic heterocycles. The third-order valence-electron chi connectivity index (χ3n) is 3.76. The van der Waals surface area contributed by atoms with E-state index >= 15 is 0 Å². The highest BCUT2D eigenvalue weighted by atomic mass is 32.2. The average Bonchev–Trinajstić information content (AvgIpc) is 2.57. The first-order valence-corrected chi connectivity index (χ1v) is 8.66. The standard InChI is InChI=1S/C18H21NO2S/c1-15(13-22(21)18-11-7-4-8-12-18)19(14-20)16(2)17-9-5-3-6-10-17/h3-12,14-16H,13H2,1-2H3/t15-,16+,22?/m0/s1. The SMILES string of the molecule is C[C@H](c1ccccc1)N(C=O)[C@@H](C)CS(=O)c1ccccc1. The fourth-order valence-electron chi connectivity index (χ4n) is 2.45. The number of benzene rings is 2. The summed E-state index contributed by atoms with van der Waals surface area (Å²) in [6.45, 7) is 3.93. The van der Waals surface area contributed by atoms with E-state index in [-0.39, 0.29) is 12.1 Å². The number of hydrogen-bond donors (Lipinski definition) is 0. The van der Waals surface area contributed by atoms with Gasteiger partial charge in [-0.15, -0.1) is 0 Å². The molecule has 0 spiro atoms. The van der Waals surface area contributed by atoms with Crippen molar-refractivity contribution >= 4 is 17.2 Å². The summed E-state index contributed by atoms with van der Waals surface area (Å²) in [5.74, 6) is 0.430. The second-order valence-electron chi connectivity index (χ2n) is 5.31. The molecule has 2 aromatic carbocycles. The van der Waals surface area contributed by atoms with Gasteiger partial charge in [0.05, 0.1) is 16.8 Å². The third-order valence-corrected chi connectivity index (χ3v) is 5.34. The quantitative estimate of drug-likeness (QED) is 0.734. The first-order valence-electron chi connectivity index (χ1n) is 7.34. The van der Waals surface area contributed by atoms with Crippen LogP contribution in [0.25, 0.3) is 0 Å². The maximum absolute atomic E-state index is 12.4. The van der Waals surface area contributed by atoms with E-state index in [4.69, 9.17) is 0 Å². The fourth-order valence-corrected chi connectivity index (χ4v) is 3.72. The summed E-state index contributed by atoms with van der Waals surface area (Å²) in [4.78, 5) is 14.0. The molecule has 2 aromatic rings.